The fourth-order valence-electron chi connectivity index (χ4n) is 1.78. The Kier molecular flexibility index (Phi) is 4.52. The van der Waals surface area contributed by atoms with E-state index in [0.717, 1.165) is 6.07 Å². The number of carbonyl (C=O) groups is 2. The van der Waals surface area contributed by atoms with E-state index in [-0.39, 0.29) is 22.5 Å². The molecular formula is C14H10BrN3O4. The van der Waals surface area contributed by atoms with Gasteiger partial charge in [0.15, 0.2) is 0 Å². The maximum Gasteiger partial charge on any atom is 0.270 e. The molecule has 0 aliphatic heterocycles. The molecule has 0 heterocycles. The van der Waals surface area contributed by atoms with Gasteiger partial charge < -0.3 is 11.1 Å². The van der Waals surface area contributed by atoms with Crippen LogP contribution in [0.25, 0.3) is 0 Å². The second-order valence-electron chi connectivity index (χ2n) is 4.32. The number of nitrogens with one attached hydrogen (secondary N) is 1. The van der Waals surface area contributed by atoms with Gasteiger partial charge in [0.2, 0.25) is 0 Å². The molecule has 0 spiro atoms. The summed E-state index contributed by atoms with van der Waals surface area (Å²) in [6, 6.07) is 9.90. The van der Waals surface area contributed by atoms with Gasteiger partial charge in [0, 0.05) is 22.2 Å². The van der Waals surface area contributed by atoms with Crippen LogP contribution in [0.1, 0.15) is 20.7 Å². The summed E-state index contributed by atoms with van der Waals surface area (Å²) in [6.45, 7) is 0. The Morgan fingerprint density at radius 2 is 1.91 bits per heavy atom. The largest absolute Gasteiger partial charge is 0.366 e. The predicted octanol–water partition coefficient (Wildman–Crippen LogP) is 2.71. The van der Waals surface area contributed by atoms with Gasteiger partial charge in [0.05, 0.1) is 16.2 Å². The molecule has 0 aliphatic carbocycles. The fourth-order valence-corrected chi connectivity index (χ4v) is 2.15. The first-order valence-electron chi connectivity index (χ1n) is 6.03. The number of hydrogen-bond acceptors (Lipinski definition) is 4. The summed E-state index contributed by atoms with van der Waals surface area (Å²) >= 11 is 3.21. The highest BCUT2D eigenvalue weighted by molar-refractivity contribution is 9.10. The molecule has 2 rings (SSSR count). The van der Waals surface area contributed by atoms with Gasteiger partial charge >= 0.3 is 0 Å². The zero-order valence-electron chi connectivity index (χ0n) is 11.1. The number of amides is 2. The van der Waals surface area contributed by atoms with Gasteiger partial charge in [-0.1, -0.05) is 22.0 Å². The minimum Gasteiger partial charge on any atom is -0.366 e. The number of primary amides is 1. The molecule has 0 radical (unpaired) electrons. The van der Waals surface area contributed by atoms with Crippen molar-refractivity contribution in [1.29, 1.82) is 0 Å². The number of rotatable bonds is 4. The molecule has 2 amide bonds. The zero-order valence-corrected chi connectivity index (χ0v) is 12.7. The number of benzene rings is 2. The van der Waals surface area contributed by atoms with E-state index in [9.17, 15) is 19.7 Å². The number of nitro benzene ring substituents is 1. The summed E-state index contributed by atoms with van der Waals surface area (Å²) in [5.41, 5.74) is 5.53. The molecule has 0 aromatic heterocycles. The normalized spacial score (nSPS) is 10.0. The first kappa shape index (κ1) is 15.6. The Morgan fingerprint density at radius 1 is 1.18 bits per heavy atom. The van der Waals surface area contributed by atoms with Crippen molar-refractivity contribution in [3.05, 3.63) is 68.2 Å². The third kappa shape index (κ3) is 3.47. The van der Waals surface area contributed by atoms with Crippen LogP contribution in [0.4, 0.5) is 11.4 Å². The van der Waals surface area contributed by atoms with Crippen LogP contribution in [0, 0.1) is 10.1 Å². The monoisotopic (exact) mass is 363 g/mol. The molecular weight excluding hydrogens is 354 g/mol. The standard InChI is InChI=1S/C14H10BrN3O4/c15-9-4-5-12(11(7-9)13(16)19)17-14(20)8-2-1-3-10(6-8)18(21)22/h1-7H,(H2,16,19)(H,17,20). The van der Waals surface area contributed by atoms with Gasteiger partial charge in [-0.2, -0.15) is 0 Å². The number of hydrogen-bond donors (Lipinski definition) is 2. The number of nitrogens with zero attached hydrogens (tertiary/aromatic N) is 1. The molecule has 0 aliphatic rings. The van der Waals surface area contributed by atoms with Crippen LogP contribution < -0.4 is 11.1 Å². The van der Waals surface area contributed by atoms with Crippen LogP contribution in [-0.4, -0.2) is 16.7 Å². The van der Waals surface area contributed by atoms with E-state index in [0.29, 0.717) is 4.47 Å². The van der Waals surface area contributed by atoms with Crippen molar-refractivity contribution in [2.75, 3.05) is 5.32 Å². The van der Waals surface area contributed by atoms with E-state index in [4.69, 9.17) is 5.73 Å². The van der Waals surface area contributed by atoms with Crippen LogP contribution >= 0.6 is 15.9 Å². The fraction of sp³-hybridized carbons (Fsp3) is 0. The summed E-state index contributed by atoms with van der Waals surface area (Å²) in [7, 11) is 0. The van der Waals surface area contributed by atoms with E-state index in [1.54, 1.807) is 6.07 Å². The molecule has 3 N–H and O–H groups in total. The van der Waals surface area contributed by atoms with Gasteiger partial charge in [-0.05, 0) is 24.3 Å². The maximum absolute atomic E-state index is 12.2. The van der Waals surface area contributed by atoms with Crippen LogP contribution in [0.5, 0.6) is 0 Å². The van der Waals surface area contributed by atoms with Crippen molar-refractivity contribution in [1.82, 2.24) is 0 Å². The summed E-state index contributed by atoms with van der Waals surface area (Å²) in [4.78, 5) is 33.7. The highest BCUT2D eigenvalue weighted by atomic mass is 79.9. The van der Waals surface area contributed by atoms with E-state index >= 15 is 0 Å². The van der Waals surface area contributed by atoms with E-state index in [1.807, 2.05) is 0 Å². The SMILES string of the molecule is NC(=O)c1cc(Br)ccc1NC(=O)c1cccc([N+](=O)[O-])c1. The summed E-state index contributed by atoms with van der Waals surface area (Å²) < 4.78 is 0.634. The van der Waals surface area contributed by atoms with Crippen LogP contribution in [0.2, 0.25) is 0 Å². The molecule has 22 heavy (non-hydrogen) atoms. The third-order valence-electron chi connectivity index (χ3n) is 2.81. The minimum absolute atomic E-state index is 0.104. The number of carbonyl (C=O) groups excluding carboxylic acids is 2. The van der Waals surface area contributed by atoms with Gasteiger partial charge in [-0.15, -0.1) is 0 Å². The Bertz CT molecular complexity index is 776. The first-order chi connectivity index (χ1) is 10.4. The number of non-ortho nitro benzene ring substituents is 1. The van der Waals surface area contributed by atoms with Gasteiger partial charge in [0.1, 0.15) is 0 Å². The van der Waals surface area contributed by atoms with Crippen molar-refractivity contribution in [2.45, 2.75) is 0 Å². The molecule has 7 nitrogen and oxygen atoms in total. The van der Waals surface area contributed by atoms with Crippen LogP contribution in [-0.2, 0) is 0 Å². The lowest BCUT2D eigenvalue weighted by molar-refractivity contribution is -0.384. The third-order valence-corrected chi connectivity index (χ3v) is 3.31. The predicted molar refractivity (Wildman–Crippen MR) is 83.7 cm³/mol. The Hall–Kier alpha value is -2.74. The Labute approximate surface area is 133 Å². The molecule has 0 saturated heterocycles. The molecule has 0 atom stereocenters. The molecule has 2 aromatic carbocycles. The van der Waals surface area contributed by atoms with Crippen LogP contribution in [0.15, 0.2) is 46.9 Å². The molecule has 0 fully saturated rings. The molecule has 0 bridgehead atoms. The van der Waals surface area contributed by atoms with Crippen molar-refractivity contribution in [2.24, 2.45) is 5.73 Å². The van der Waals surface area contributed by atoms with Gasteiger partial charge in [-0.3, -0.25) is 19.7 Å². The number of anilines is 1. The molecule has 2 aromatic rings. The summed E-state index contributed by atoms with van der Waals surface area (Å²) in [6.07, 6.45) is 0. The average Bonchev–Trinajstić information content (AvgIpc) is 2.48. The zero-order chi connectivity index (χ0) is 16.3. The van der Waals surface area contributed by atoms with Gasteiger partial charge in [0.25, 0.3) is 17.5 Å². The van der Waals surface area contributed by atoms with E-state index in [2.05, 4.69) is 21.2 Å². The van der Waals surface area contributed by atoms with Crippen molar-refractivity contribution in [3.63, 3.8) is 0 Å². The highest BCUT2D eigenvalue weighted by Crippen LogP contribution is 2.22. The number of nitro groups is 1. The lowest BCUT2D eigenvalue weighted by Gasteiger charge is -2.09. The van der Waals surface area contributed by atoms with Gasteiger partial charge in [-0.25, -0.2) is 0 Å². The first-order valence-corrected chi connectivity index (χ1v) is 6.83. The van der Waals surface area contributed by atoms with E-state index in [1.165, 1.54) is 30.3 Å². The van der Waals surface area contributed by atoms with Crippen LogP contribution in [0.3, 0.4) is 0 Å². The van der Waals surface area contributed by atoms with Crippen molar-refractivity contribution < 1.29 is 14.5 Å². The molecule has 0 saturated carbocycles. The van der Waals surface area contributed by atoms with Crippen molar-refractivity contribution >= 4 is 39.1 Å². The lowest BCUT2D eigenvalue weighted by Crippen LogP contribution is -2.18. The molecule has 0 unspecified atom stereocenters. The average molecular weight is 364 g/mol. The number of nitrogens with two attached hydrogens (primary N) is 1. The second-order valence-corrected chi connectivity index (χ2v) is 5.23. The topological polar surface area (TPSA) is 115 Å². The number of halogens is 1. The molecule has 112 valence electrons. The molecule has 8 heteroatoms. The summed E-state index contributed by atoms with van der Waals surface area (Å²) in [5.74, 6) is -1.27. The van der Waals surface area contributed by atoms with E-state index < -0.39 is 16.7 Å². The highest BCUT2D eigenvalue weighted by Gasteiger charge is 2.15. The van der Waals surface area contributed by atoms with Crippen molar-refractivity contribution in [3.8, 4) is 0 Å². The lowest BCUT2D eigenvalue weighted by atomic mass is 10.1. The Balaban J connectivity index is 2.31. The maximum atomic E-state index is 12.2. The second kappa shape index (κ2) is 6.35. The minimum atomic E-state index is -0.698. The smallest absolute Gasteiger partial charge is 0.270 e. The summed E-state index contributed by atoms with van der Waals surface area (Å²) in [5, 5.41) is 13.2. The quantitative estimate of drug-likeness (QED) is 0.641. The Morgan fingerprint density at radius 3 is 2.55 bits per heavy atom.